The molecule has 0 aliphatic carbocycles. The second-order valence-electron chi connectivity index (χ2n) is 1.14. The number of hydrogen-bond donors (Lipinski definition) is 2. The molecule has 0 radical (unpaired) electrons. The van der Waals surface area contributed by atoms with Gasteiger partial charge in [0.1, 0.15) is 5.55 Å². The van der Waals surface area contributed by atoms with Gasteiger partial charge in [-0.1, -0.05) is 5.16 Å². The number of rotatable bonds is 0. The fourth-order valence-electron chi connectivity index (χ4n) is 0.229. The van der Waals surface area contributed by atoms with Crippen molar-refractivity contribution in [1.29, 1.82) is 0 Å². The van der Waals surface area contributed by atoms with E-state index in [-0.39, 0.29) is 0 Å². The normalized spacial score (nSPS) is 24.9. The molecule has 40 valence electrons. The van der Waals surface area contributed by atoms with Crippen LogP contribution in [-0.4, -0.2) is 10.7 Å². The molecule has 0 unspecified atom stereocenters. The number of thioether (sulfide) groups is 1. The van der Waals surface area contributed by atoms with Gasteiger partial charge in [0, 0.05) is 0 Å². The molecule has 7 heavy (non-hydrogen) atoms. The Balaban J connectivity index is 2.49. The van der Waals surface area contributed by atoms with Crippen LogP contribution in [0.1, 0.15) is 0 Å². The van der Waals surface area contributed by atoms with Gasteiger partial charge in [-0.05, 0) is 11.8 Å². The Labute approximate surface area is 44.9 Å². The van der Waals surface area contributed by atoms with E-state index in [4.69, 9.17) is 11.5 Å². The van der Waals surface area contributed by atoms with Crippen LogP contribution in [0.3, 0.4) is 0 Å². The van der Waals surface area contributed by atoms with Gasteiger partial charge >= 0.3 is 0 Å². The Morgan fingerprint density at radius 3 is 2.57 bits per heavy atom. The van der Waals surface area contributed by atoms with Gasteiger partial charge in [-0.25, -0.2) is 0 Å². The molecule has 0 aromatic rings. The number of nitrogens with two attached hydrogens (primary N) is 2. The van der Waals surface area contributed by atoms with Crippen molar-refractivity contribution in [3.63, 3.8) is 0 Å². The van der Waals surface area contributed by atoms with Crippen LogP contribution in [-0.2, 0) is 4.84 Å². The molecule has 1 aliphatic heterocycles. The van der Waals surface area contributed by atoms with Crippen molar-refractivity contribution >= 4 is 17.3 Å². The lowest BCUT2D eigenvalue weighted by molar-refractivity contribution is 0.0486. The maximum Gasteiger partial charge on any atom is 0.293 e. The second kappa shape index (κ2) is 1.36. The van der Waals surface area contributed by atoms with E-state index in [1.54, 1.807) is 0 Å². The summed E-state index contributed by atoms with van der Waals surface area (Å²) in [7, 11) is 0. The van der Waals surface area contributed by atoms with Crippen LogP contribution in [0.4, 0.5) is 0 Å². The van der Waals surface area contributed by atoms with E-state index in [9.17, 15) is 0 Å². The molecule has 0 bridgehead atoms. The van der Waals surface area contributed by atoms with Gasteiger partial charge in [-0.3, -0.25) is 11.5 Å². The molecule has 0 saturated heterocycles. The third-order valence-corrected chi connectivity index (χ3v) is 1.11. The maximum atomic E-state index is 5.17. The van der Waals surface area contributed by atoms with Crippen LogP contribution in [0.15, 0.2) is 5.16 Å². The Hall–Kier alpha value is -0.260. The Bertz CT molecular complexity index is 91.1. The predicted molar refractivity (Wildman–Crippen MR) is 28.3 cm³/mol. The molecular weight excluding hydrogens is 114 g/mol. The fraction of sp³-hybridized carbons (Fsp3) is 0.500. The summed E-state index contributed by atoms with van der Waals surface area (Å²) in [5.41, 5.74) is 11.8. The monoisotopic (exact) mass is 119 g/mol. The average Bonchev–Trinajstić information content (AvgIpc) is 1.84. The molecule has 0 saturated carbocycles. The smallest absolute Gasteiger partial charge is 0.293 e. The van der Waals surface area contributed by atoms with Gasteiger partial charge in [-0.2, -0.15) is 0 Å². The molecule has 5 heteroatoms. The van der Waals surface area contributed by atoms with Gasteiger partial charge in [-0.15, -0.1) is 0 Å². The van der Waals surface area contributed by atoms with Crippen molar-refractivity contribution in [2.24, 2.45) is 16.6 Å². The molecule has 0 fully saturated rings. The van der Waals surface area contributed by atoms with Crippen LogP contribution >= 0.6 is 11.8 Å². The molecule has 0 aromatic heterocycles. The van der Waals surface area contributed by atoms with Gasteiger partial charge in [0.2, 0.25) is 0 Å². The summed E-state index contributed by atoms with van der Waals surface area (Å²) >= 11 is 1.14. The topological polar surface area (TPSA) is 73.6 Å². The van der Waals surface area contributed by atoms with Crippen LogP contribution in [0.25, 0.3) is 0 Å². The summed E-state index contributed by atoms with van der Waals surface area (Å²) in [6, 6.07) is 0. The number of nitrogens with zero attached hydrogens (tertiary/aromatic N) is 1. The summed E-state index contributed by atoms with van der Waals surface area (Å²) in [4.78, 5) is 4.43. The lowest BCUT2D eigenvalue weighted by atomic mass is 11.1. The van der Waals surface area contributed by atoms with E-state index in [0.29, 0.717) is 0 Å². The predicted octanol–water partition coefficient (Wildman–Crippen LogP) is -0.778. The minimum Gasteiger partial charge on any atom is -0.345 e. The molecule has 1 rings (SSSR count). The minimum atomic E-state index is -1.11. The molecule has 4 nitrogen and oxygen atoms in total. The second-order valence-corrected chi connectivity index (χ2v) is 2.23. The summed E-state index contributed by atoms with van der Waals surface area (Å²) in [5.74, 6) is 0. The highest BCUT2D eigenvalue weighted by molar-refractivity contribution is 8.13. The molecule has 0 amide bonds. The first-order valence-corrected chi connectivity index (χ1v) is 2.54. The highest BCUT2D eigenvalue weighted by atomic mass is 32.2. The fourth-order valence-corrected chi connectivity index (χ4v) is 0.566. The summed E-state index contributed by atoms with van der Waals surface area (Å²) in [5, 5.41) is 2.21. The van der Waals surface area contributed by atoms with Gasteiger partial charge in [0.25, 0.3) is 5.18 Å². The lowest BCUT2D eigenvalue weighted by Gasteiger charge is -2.10. The minimum absolute atomic E-state index is 1.11. The van der Waals surface area contributed by atoms with E-state index in [2.05, 4.69) is 9.99 Å². The van der Waals surface area contributed by atoms with Crippen molar-refractivity contribution in [2.75, 3.05) is 0 Å². The SMILES string of the molecule is NC1(N)ON=CS1. The Morgan fingerprint density at radius 2 is 2.43 bits per heavy atom. The van der Waals surface area contributed by atoms with Crippen molar-refractivity contribution in [1.82, 2.24) is 0 Å². The average molecular weight is 119 g/mol. The van der Waals surface area contributed by atoms with Crippen molar-refractivity contribution in [3.05, 3.63) is 0 Å². The highest BCUT2D eigenvalue weighted by Crippen LogP contribution is 2.17. The van der Waals surface area contributed by atoms with Crippen LogP contribution in [0.2, 0.25) is 0 Å². The first kappa shape index (κ1) is 4.89. The highest BCUT2D eigenvalue weighted by Gasteiger charge is 2.24. The molecule has 1 aliphatic rings. The molecule has 0 aromatic carbocycles. The molecule has 0 atom stereocenters. The quantitative estimate of drug-likeness (QED) is 0.410. The number of hydrogen-bond acceptors (Lipinski definition) is 5. The van der Waals surface area contributed by atoms with E-state index < -0.39 is 5.18 Å². The molecule has 4 N–H and O–H groups in total. The molecular formula is C2H5N3OS. The van der Waals surface area contributed by atoms with E-state index in [0.717, 1.165) is 11.8 Å². The van der Waals surface area contributed by atoms with E-state index in [1.165, 1.54) is 5.55 Å². The Morgan fingerprint density at radius 1 is 1.71 bits per heavy atom. The molecule has 0 spiro atoms. The third-order valence-electron chi connectivity index (χ3n) is 0.475. The first-order valence-electron chi connectivity index (χ1n) is 1.66. The van der Waals surface area contributed by atoms with Crippen LogP contribution in [0.5, 0.6) is 0 Å². The summed E-state index contributed by atoms with van der Waals surface area (Å²) in [6.45, 7) is 0. The van der Waals surface area contributed by atoms with E-state index in [1.807, 2.05) is 0 Å². The zero-order valence-electron chi connectivity index (χ0n) is 3.50. The van der Waals surface area contributed by atoms with Crippen LogP contribution in [0, 0.1) is 0 Å². The third kappa shape index (κ3) is 1.05. The zero-order valence-corrected chi connectivity index (χ0v) is 4.31. The number of oxime groups is 1. The Kier molecular flexibility index (Phi) is 0.949. The van der Waals surface area contributed by atoms with Gasteiger partial charge in [0.05, 0.1) is 0 Å². The van der Waals surface area contributed by atoms with Crippen molar-refractivity contribution in [3.8, 4) is 0 Å². The maximum absolute atomic E-state index is 5.17. The van der Waals surface area contributed by atoms with E-state index >= 15 is 0 Å². The summed E-state index contributed by atoms with van der Waals surface area (Å²) in [6.07, 6.45) is 0. The van der Waals surface area contributed by atoms with Gasteiger partial charge in [0.15, 0.2) is 0 Å². The molecule has 1 heterocycles. The standard InChI is InChI=1S/C2H5N3OS/c3-2(4)6-5-1-7-2/h1H,3-4H2. The largest absolute Gasteiger partial charge is 0.345 e. The van der Waals surface area contributed by atoms with Crippen LogP contribution < -0.4 is 11.5 Å². The first-order chi connectivity index (χ1) is 3.21. The summed E-state index contributed by atoms with van der Waals surface area (Å²) < 4.78 is 0. The zero-order chi connectivity index (χ0) is 5.33. The lowest BCUT2D eigenvalue weighted by Crippen LogP contribution is -2.45. The van der Waals surface area contributed by atoms with Gasteiger partial charge < -0.3 is 4.84 Å². The van der Waals surface area contributed by atoms with Crippen molar-refractivity contribution < 1.29 is 4.84 Å². The van der Waals surface area contributed by atoms with Crippen molar-refractivity contribution in [2.45, 2.75) is 5.18 Å².